The summed E-state index contributed by atoms with van der Waals surface area (Å²) in [7, 11) is 0. The Labute approximate surface area is 238 Å². The lowest BCUT2D eigenvalue weighted by molar-refractivity contribution is -0.187. The summed E-state index contributed by atoms with van der Waals surface area (Å²) in [6.45, 7) is 11.4. The van der Waals surface area contributed by atoms with E-state index in [-0.39, 0.29) is 23.3 Å². The lowest BCUT2D eigenvalue weighted by Gasteiger charge is -2.28. The Morgan fingerprint density at radius 2 is 0.976 bits per heavy atom. The second-order valence-corrected chi connectivity index (χ2v) is 10.7. The highest BCUT2D eigenvalue weighted by Crippen LogP contribution is 2.41. The Morgan fingerprint density at radius 3 is 1.21 bits per heavy atom. The first-order valence-corrected chi connectivity index (χ1v) is 12.9. The van der Waals surface area contributed by atoms with Gasteiger partial charge in [-0.1, -0.05) is 27.7 Å². The minimum Gasteiger partial charge on any atom is -0.478 e. The molecule has 0 saturated carbocycles. The largest absolute Gasteiger partial charge is 0.478 e. The van der Waals surface area contributed by atoms with Gasteiger partial charge in [0.15, 0.2) is 0 Å². The number of carboxylic acids is 2. The molecule has 2 aliphatic heterocycles. The number of carboxylic acid groups (broad SMARTS) is 2. The monoisotopic (exact) mass is 600 g/mol. The summed E-state index contributed by atoms with van der Waals surface area (Å²) < 4.78 is 87.4. The van der Waals surface area contributed by atoms with E-state index in [1.807, 2.05) is 27.7 Å². The van der Waals surface area contributed by atoms with E-state index in [0.29, 0.717) is 11.1 Å². The van der Waals surface area contributed by atoms with E-state index in [9.17, 15) is 35.9 Å². The van der Waals surface area contributed by atoms with Crippen LogP contribution in [-0.2, 0) is 9.59 Å². The summed E-state index contributed by atoms with van der Waals surface area (Å²) >= 11 is 0. The predicted molar refractivity (Wildman–Crippen MR) is 143 cm³/mol. The Morgan fingerprint density at radius 1 is 0.667 bits per heavy atom. The fourth-order valence-corrected chi connectivity index (χ4v) is 4.81. The maximum atomic E-state index is 12.9. The minimum atomic E-state index is -4.77. The van der Waals surface area contributed by atoms with E-state index < -0.39 is 47.6 Å². The molecular weight excluding hydrogens is 570 g/mol. The van der Waals surface area contributed by atoms with Gasteiger partial charge in [-0.15, -0.1) is 0 Å². The third kappa shape index (κ3) is 6.91. The average Bonchev–Trinajstić information content (AvgIpc) is 2.85. The SMILES string of the molecule is Cc1cc2c(cc1C(C)C)C=C(C(=O)O)C(C(F)(F)F)O2.Cc1cc2c(cc1C(C)C)C=C(C(=O)O)C(C(F)(F)F)O2. The molecule has 12 heteroatoms. The van der Waals surface area contributed by atoms with Crippen molar-refractivity contribution in [3.8, 4) is 11.5 Å². The number of hydrogen-bond acceptors (Lipinski definition) is 4. The number of rotatable bonds is 4. The molecule has 0 bridgehead atoms. The van der Waals surface area contributed by atoms with Crippen LogP contribution in [0.3, 0.4) is 0 Å². The normalized spacial score (nSPS) is 18.0. The molecule has 2 atom stereocenters. The average molecular weight is 601 g/mol. The fourth-order valence-electron chi connectivity index (χ4n) is 4.81. The van der Waals surface area contributed by atoms with Gasteiger partial charge in [0, 0.05) is 11.1 Å². The zero-order valence-electron chi connectivity index (χ0n) is 23.6. The van der Waals surface area contributed by atoms with E-state index in [0.717, 1.165) is 34.4 Å². The lowest BCUT2D eigenvalue weighted by Crippen LogP contribution is -2.40. The zero-order chi connectivity index (χ0) is 31.9. The fraction of sp³-hybridized carbons (Fsp3) is 0.400. The minimum absolute atomic E-state index is 0.0595. The molecular formula is C30H30F6O6. The Kier molecular flexibility index (Phi) is 9.09. The molecule has 0 saturated heterocycles. The maximum absolute atomic E-state index is 12.9. The molecule has 0 aromatic heterocycles. The number of fused-ring (bicyclic) bond motifs is 2. The van der Waals surface area contributed by atoms with Crippen molar-refractivity contribution in [2.75, 3.05) is 0 Å². The van der Waals surface area contributed by atoms with Gasteiger partial charge in [-0.05, 0) is 84.4 Å². The van der Waals surface area contributed by atoms with Crippen LogP contribution in [0.15, 0.2) is 35.4 Å². The molecule has 0 amide bonds. The quantitative estimate of drug-likeness (QED) is 0.348. The van der Waals surface area contributed by atoms with Crippen LogP contribution in [0.25, 0.3) is 12.2 Å². The van der Waals surface area contributed by atoms with Gasteiger partial charge in [0.1, 0.15) is 11.5 Å². The molecule has 0 radical (unpaired) electrons. The first-order valence-electron chi connectivity index (χ1n) is 12.9. The van der Waals surface area contributed by atoms with Crippen LogP contribution in [0.2, 0.25) is 0 Å². The van der Waals surface area contributed by atoms with Crippen LogP contribution in [0.5, 0.6) is 11.5 Å². The summed E-state index contributed by atoms with van der Waals surface area (Å²) in [5.74, 6) is -2.78. The van der Waals surface area contributed by atoms with Crippen molar-refractivity contribution >= 4 is 24.1 Å². The molecule has 0 spiro atoms. The number of aliphatic carboxylic acids is 2. The van der Waals surface area contributed by atoms with Gasteiger partial charge < -0.3 is 19.7 Å². The number of benzene rings is 2. The zero-order valence-corrected chi connectivity index (χ0v) is 23.6. The van der Waals surface area contributed by atoms with Crippen molar-refractivity contribution in [1.29, 1.82) is 0 Å². The van der Waals surface area contributed by atoms with Crippen molar-refractivity contribution in [1.82, 2.24) is 0 Å². The molecule has 2 aliphatic rings. The first-order chi connectivity index (χ1) is 19.2. The Hall–Kier alpha value is -3.96. The molecule has 2 aromatic rings. The van der Waals surface area contributed by atoms with Crippen molar-refractivity contribution in [3.05, 3.63) is 68.8 Å². The second-order valence-electron chi connectivity index (χ2n) is 10.7. The molecule has 228 valence electrons. The summed E-state index contributed by atoms with van der Waals surface area (Å²) in [5.41, 5.74) is 2.66. The van der Waals surface area contributed by atoms with Crippen LogP contribution < -0.4 is 9.47 Å². The third-order valence-electron chi connectivity index (χ3n) is 6.81. The highest BCUT2D eigenvalue weighted by Gasteiger charge is 2.49. The van der Waals surface area contributed by atoms with Gasteiger partial charge in [0.2, 0.25) is 12.2 Å². The Bertz CT molecular complexity index is 1340. The number of carbonyl (C=O) groups is 2. The first kappa shape index (κ1) is 32.6. The van der Waals surface area contributed by atoms with E-state index in [4.69, 9.17) is 19.7 Å². The van der Waals surface area contributed by atoms with Crippen molar-refractivity contribution in [2.24, 2.45) is 0 Å². The number of halogens is 6. The predicted octanol–water partition coefficient (Wildman–Crippen LogP) is 7.82. The highest BCUT2D eigenvalue weighted by atomic mass is 19.4. The molecule has 2 aromatic carbocycles. The summed E-state index contributed by atoms with van der Waals surface area (Å²) in [6.07, 6.45) is -12.3. The smallest absolute Gasteiger partial charge is 0.430 e. The summed E-state index contributed by atoms with van der Waals surface area (Å²) in [4.78, 5) is 22.1. The van der Waals surface area contributed by atoms with Gasteiger partial charge in [0.25, 0.3) is 0 Å². The topological polar surface area (TPSA) is 93.1 Å². The van der Waals surface area contributed by atoms with Crippen molar-refractivity contribution in [3.63, 3.8) is 0 Å². The number of ether oxygens (including phenoxy) is 2. The maximum Gasteiger partial charge on any atom is 0.430 e. The number of alkyl halides is 6. The van der Waals surface area contributed by atoms with Crippen molar-refractivity contribution < 1.29 is 55.6 Å². The molecule has 4 rings (SSSR count). The van der Waals surface area contributed by atoms with Gasteiger partial charge in [-0.2, -0.15) is 26.3 Å². The highest BCUT2D eigenvalue weighted by molar-refractivity contribution is 5.95. The van der Waals surface area contributed by atoms with Gasteiger partial charge >= 0.3 is 24.3 Å². The third-order valence-corrected chi connectivity index (χ3v) is 6.81. The van der Waals surface area contributed by atoms with E-state index in [2.05, 4.69) is 0 Å². The van der Waals surface area contributed by atoms with Crippen molar-refractivity contribution in [2.45, 2.75) is 77.9 Å². The van der Waals surface area contributed by atoms with E-state index in [1.165, 1.54) is 12.1 Å². The molecule has 6 nitrogen and oxygen atoms in total. The van der Waals surface area contributed by atoms with Crippen LogP contribution in [0.1, 0.15) is 72.9 Å². The van der Waals surface area contributed by atoms with E-state index >= 15 is 0 Å². The van der Waals surface area contributed by atoms with Crippen LogP contribution in [0.4, 0.5) is 26.3 Å². The van der Waals surface area contributed by atoms with Gasteiger partial charge in [0.05, 0.1) is 11.1 Å². The standard InChI is InChI=1S/2C15H15F3O3/c2*1-7(2)10-5-9-6-11(14(19)20)13(15(16,17)18)21-12(9)4-8(10)3/h2*4-7,13H,1-3H3,(H,19,20). The van der Waals surface area contributed by atoms with Crippen LogP contribution >= 0.6 is 0 Å². The van der Waals surface area contributed by atoms with E-state index in [1.54, 1.807) is 26.0 Å². The summed E-state index contributed by atoms with van der Waals surface area (Å²) in [5, 5.41) is 18.0. The number of aryl methyl sites for hydroxylation is 2. The van der Waals surface area contributed by atoms with Crippen LogP contribution in [0, 0.1) is 13.8 Å². The summed E-state index contributed by atoms with van der Waals surface area (Å²) in [6, 6.07) is 6.42. The second kappa shape index (κ2) is 11.7. The Balaban J connectivity index is 0.000000230. The lowest BCUT2D eigenvalue weighted by atomic mass is 9.92. The molecule has 42 heavy (non-hydrogen) atoms. The molecule has 0 fully saturated rings. The van der Waals surface area contributed by atoms with Gasteiger partial charge in [-0.3, -0.25) is 0 Å². The molecule has 0 aliphatic carbocycles. The van der Waals surface area contributed by atoms with Gasteiger partial charge in [-0.25, -0.2) is 9.59 Å². The molecule has 2 N–H and O–H groups in total. The van der Waals surface area contributed by atoms with Crippen LogP contribution in [-0.4, -0.2) is 46.7 Å². The number of hydrogen-bond donors (Lipinski definition) is 2. The molecule has 2 heterocycles. The molecule has 2 unspecified atom stereocenters.